The third kappa shape index (κ3) is 3.26. The lowest BCUT2D eigenvalue weighted by Crippen LogP contribution is -2.46. The van der Waals surface area contributed by atoms with Crippen LogP contribution in [0.25, 0.3) is 0 Å². The van der Waals surface area contributed by atoms with Crippen molar-refractivity contribution in [2.45, 2.75) is 32.7 Å². The maximum Gasteiger partial charge on any atom is 0.142 e. The van der Waals surface area contributed by atoms with Crippen molar-refractivity contribution >= 4 is 5.69 Å². The Kier molecular flexibility index (Phi) is 4.92. The molecule has 1 aliphatic rings. The maximum atomic E-state index is 6.40. The number of methoxy groups -OCH3 is 1. The Labute approximate surface area is 123 Å². The monoisotopic (exact) mass is 276 g/mol. The molecule has 3 nitrogen and oxygen atoms in total. The Balaban J connectivity index is 2.08. The highest BCUT2D eigenvalue weighted by Gasteiger charge is 2.32. The van der Waals surface area contributed by atoms with Crippen LogP contribution in [-0.4, -0.2) is 26.7 Å². The smallest absolute Gasteiger partial charge is 0.142 e. The summed E-state index contributed by atoms with van der Waals surface area (Å²) in [4.78, 5) is 2.29. The van der Waals surface area contributed by atoms with Crippen molar-refractivity contribution in [3.05, 3.63) is 24.3 Å². The Morgan fingerprint density at radius 3 is 2.60 bits per heavy atom. The van der Waals surface area contributed by atoms with Crippen molar-refractivity contribution in [2.24, 2.45) is 23.5 Å². The van der Waals surface area contributed by atoms with Crippen molar-refractivity contribution < 1.29 is 4.74 Å². The SMILES string of the molecule is COc1ccccc1N(C)CC1C(C)CC(C)CC1N. The molecule has 0 bridgehead atoms. The third-order valence-corrected chi connectivity index (χ3v) is 4.71. The first-order chi connectivity index (χ1) is 9.52. The molecule has 0 amide bonds. The van der Waals surface area contributed by atoms with Crippen LogP contribution in [0.3, 0.4) is 0 Å². The largest absolute Gasteiger partial charge is 0.495 e. The molecule has 2 N–H and O–H groups in total. The highest BCUT2D eigenvalue weighted by atomic mass is 16.5. The summed E-state index contributed by atoms with van der Waals surface area (Å²) >= 11 is 0. The molecule has 0 saturated heterocycles. The van der Waals surface area contributed by atoms with Gasteiger partial charge in [-0.2, -0.15) is 0 Å². The molecule has 0 spiro atoms. The van der Waals surface area contributed by atoms with Gasteiger partial charge in [-0.15, -0.1) is 0 Å². The Bertz CT molecular complexity index is 423. The molecule has 3 heteroatoms. The van der Waals surface area contributed by atoms with E-state index in [9.17, 15) is 0 Å². The standard InChI is InChI=1S/C17H28N2O/c1-12-9-13(2)14(15(18)10-12)11-19(3)16-7-5-6-8-17(16)20-4/h5-8,12-15H,9-11,18H2,1-4H3. The van der Waals surface area contributed by atoms with Gasteiger partial charge in [0.05, 0.1) is 12.8 Å². The van der Waals surface area contributed by atoms with Gasteiger partial charge in [0, 0.05) is 19.6 Å². The fraction of sp³-hybridized carbons (Fsp3) is 0.647. The highest BCUT2D eigenvalue weighted by molar-refractivity contribution is 5.57. The zero-order chi connectivity index (χ0) is 14.7. The minimum absolute atomic E-state index is 0.311. The van der Waals surface area contributed by atoms with Gasteiger partial charge in [0.2, 0.25) is 0 Å². The molecule has 4 atom stereocenters. The predicted molar refractivity (Wildman–Crippen MR) is 85.3 cm³/mol. The van der Waals surface area contributed by atoms with Gasteiger partial charge in [0.1, 0.15) is 5.75 Å². The van der Waals surface area contributed by atoms with Crippen molar-refractivity contribution in [3.63, 3.8) is 0 Å². The van der Waals surface area contributed by atoms with Gasteiger partial charge in [0.25, 0.3) is 0 Å². The number of anilines is 1. The van der Waals surface area contributed by atoms with Crippen LogP contribution in [0.4, 0.5) is 5.69 Å². The molecular formula is C17H28N2O. The summed E-state index contributed by atoms with van der Waals surface area (Å²) in [5, 5.41) is 0. The first-order valence-corrected chi connectivity index (χ1v) is 7.62. The normalized spacial score (nSPS) is 30.1. The number of para-hydroxylation sites is 2. The fourth-order valence-electron chi connectivity index (χ4n) is 3.64. The summed E-state index contributed by atoms with van der Waals surface area (Å²) in [6, 6.07) is 8.50. The summed E-state index contributed by atoms with van der Waals surface area (Å²) in [6.45, 7) is 5.65. The molecule has 1 aliphatic carbocycles. The number of rotatable bonds is 4. The predicted octanol–water partition coefficient (Wildman–Crippen LogP) is 3.14. The molecule has 1 saturated carbocycles. The number of hydrogen-bond donors (Lipinski definition) is 1. The average molecular weight is 276 g/mol. The molecule has 1 aromatic rings. The Hall–Kier alpha value is -1.22. The maximum absolute atomic E-state index is 6.40. The van der Waals surface area contributed by atoms with Gasteiger partial charge in [0.15, 0.2) is 0 Å². The number of ether oxygens (including phenoxy) is 1. The van der Waals surface area contributed by atoms with E-state index in [0.29, 0.717) is 17.9 Å². The quantitative estimate of drug-likeness (QED) is 0.918. The average Bonchev–Trinajstić information content (AvgIpc) is 2.42. The van der Waals surface area contributed by atoms with Crippen LogP contribution >= 0.6 is 0 Å². The zero-order valence-electron chi connectivity index (χ0n) is 13.2. The van der Waals surface area contributed by atoms with E-state index in [4.69, 9.17) is 10.5 Å². The topological polar surface area (TPSA) is 38.5 Å². The molecule has 112 valence electrons. The number of nitrogens with two attached hydrogens (primary N) is 1. The van der Waals surface area contributed by atoms with E-state index in [1.807, 2.05) is 12.1 Å². The summed E-state index contributed by atoms with van der Waals surface area (Å²) in [6.07, 6.45) is 2.44. The van der Waals surface area contributed by atoms with Crippen LogP contribution < -0.4 is 15.4 Å². The van der Waals surface area contributed by atoms with E-state index < -0.39 is 0 Å². The number of hydrogen-bond acceptors (Lipinski definition) is 3. The Morgan fingerprint density at radius 1 is 1.25 bits per heavy atom. The van der Waals surface area contributed by atoms with Crippen molar-refractivity contribution in [2.75, 3.05) is 25.6 Å². The van der Waals surface area contributed by atoms with E-state index in [-0.39, 0.29) is 0 Å². The molecule has 1 fully saturated rings. The minimum atomic E-state index is 0.311. The molecule has 0 heterocycles. The first kappa shape index (κ1) is 15.2. The van der Waals surface area contributed by atoms with Gasteiger partial charge in [-0.25, -0.2) is 0 Å². The van der Waals surface area contributed by atoms with E-state index in [1.54, 1.807) is 7.11 Å². The van der Waals surface area contributed by atoms with E-state index >= 15 is 0 Å². The molecule has 2 rings (SSSR count). The number of nitrogens with zero attached hydrogens (tertiary/aromatic N) is 1. The van der Waals surface area contributed by atoms with Crippen molar-refractivity contribution in [1.29, 1.82) is 0 Å². The van der Waals surface area contributed by atoms with Gasteiger partial charge >= 0.3 is 0 Å². The Morgan fingerprint density at radius 2 is 1.95 bits per heavy atom. The minimum Gasteiger partial charge on any atom is -0.495 e. The van der Waals surface area contributed by atoms with Gasteiger partial charge in [-0.3, -0.25) is 0 Å². The number of benzene rings is 1. The summed E-state index contributed by atoms with van der Waals surface area (Å²) in [7, 11) is 3.86. The zero-order valence-corrected chi connectivity index (χ0v) is 13.2. The second kappa shape index (κ2) is 6.49. The summed E-state index contributed by atoms with van der Waals surface area (Å²) in [5.74, 6) is 2.93. The first-order valence-electron chi connectivity index (χ1n) is 7.62. The molecule has 1 aromatic carbocycles. The van der Waals surface area contributed by atoms with Crippen LogP contribution in [0.15, 0.2) is 24.3 Å². The van der Waals surface area contributed by atoms with E-state index in [0.717, 1.165) is 30.3 Å². The van der Waals surface area contributed by atoms with Crippen molar-refractivity contribution in [1.82, 2.24) is 0 Å². The van der Waals surface area contributed by atoms with Crippen LogP contribution in [0.2, 0.25) is 0 Å². The fourth-order valence-corrected chi connectivity index (χ4v) is 3.64. The van der Waals surface area contributed by atoms with Crippen LogP contribution in [0, 0.1) is 17.8 Å². The highest BCUT2D eigenvalue weighted by Crippen LogP contribution is 2.35. The molecular weight excluding hydrogens is 248 g/mol. The van der Waals surface area contributed by atoms with Gasteiger partial charge < -0.3 is 15.4 Å². The van der Waals surface area contributed by atoms with Gasteiger partial charge in [-0.05, 0) is 42.7 Å². The molecule has 0 aliphatic heterocycles. The molecule has 20 heavy (non-hydrogen) atoms. The molecule has 0 radical (unpaired) electrons. The third-order valence-electron chi connectivity index (χ3n) is 4.71. The van der Waals surface area contributed by atoms with Crippen molar-refractivity contribution in [3.8, 4) is 5.75 Å². The lowest BCUT2D eigenvalue weighted by Gasteiger charge is -2.40. The lowest BCUT2D eigenvalue weighted by atomic mass is 9.72. The molecule has 0 aromatic heterocycles. The van der Waals surface area contributed by atoms with Crippen LogP contribution in [-0.2, 0) is 0 Å². The second-order valence-corrected chi connectivity index (χ2v) is 6.43. The second-order valence-electron chi connectivity index (χ2n) is 6.43. The molecule has 4 unspecified atom stereocenters. The van der Waals surface area contributed by atoms with Gasteiger partial charge in [-0.1, -0.05) is 26.0 Å². The van der Waals surface area contributed by atoms with Crippen LogP contribution in [0.1, 0.15) is 26.7 Å². The summed E-state index contributed by atoms with van der Waals surface area (Å²) < 4.78 is 5.45. The van der Waals surface area contributed by atoms with Crippen LogP contribution in [0.5, 0.6) is 5.75 Å². The summed E-state index contributed by atoms with van der Waals surface area (Å²) in [5.41, 5.74) is 7.55. The van der Waals surface area contributed by atoms with E-state index in [2.05, 4.69) is 37.9 Å². The van der Waals surface area contributed by atoms with E-state index in [1.165, 1.54) is 6.42 Å². The lowest BCUT2D eigenvalue weighted by molar-refractivity contribution is 0.178.